The van der Waals surface area contributed by atoms with Gasteiger partial charge in [-0.15, -0.1) is 0 Å². The van der Waals surface area contributed by atoms with Crippen LogP contribution in [0.1, 0.15) is 32.6 Å². The first kappa shape index (κ1) is 14.1. The van der Waals surface area contributed by atoms with E-state index in [4.69, 9.17) is 10.9 Å². The smallest absolute Gasteiger partial charge is 0.233 e. The summed E-state index contributed by atoms with van der Waals surface area (Å²) in [5.74, 6) is -0.424. The van der Waals surface area contributed by atoms with Crippen molar-refractivity contribution < 1.29 is 10.0 Å². The summed E-state index contributed by atoms with van der Waals surface area (Å²) in [4.78, 5) is 16.7. The molecule has 6 nitrogen and oxygen atoms in total. The van der Waals surface area contributed by atoms with Crippen molar-refractivity contribution in [3.63, 3.8) is 0 Å². The number of amidine groups is 1. The summed E-state index contributed by atoms with van der Waals surface area (Å²) in [7, 11) is 0. The number of hydrogen-bond acceptors (Lipinski definition) is 4. The Balaban J connectivity index is 1.90. The van der Waals surface area contributed by atoms with Gasteiger partial charge in [-0.1, -0.05) is 18.5 Å². The predicted octanol–water partition coefficient (Wildman–Crippen LogP) is 0.456. The van der Waals surface area contributed by atoms with Crippen LogP contribution >= 0.6 is 0 Å². The number of nitrogens with zero attached hydrogens (tertiary/aromatic N) is 3. The van der Waals surface area contributed by atoms with E-state index in [1.807, 2.05) is 11.8 Å². The number of amides is 1. The van der Waals surface area contributed by atoms with Crippen LogP contribution in [-0.2, 0) is 4.79 Å². The summed E-state index contributed by atoms with van der Waals surface area (Å²) in [6.45, 7) is 5.41. The SMILES string of the molecule is CCCC(C(=O)N1CCN(C2CC2)CC1)C(N)=NO. The molecule has 1 aliphatic carbocycles. The van der Waals surface area contributed by atoms with Gasteiger partial charge in [-0.2, -0.15) is 0 Å². The van der Waals surface area contributed by atoms with Gasteiger partial charge in [0.2, 0.25) is 5.91 Å². The Morgan fingerprint density at radius 1 is 1.37 bits per heavy atom. The number of rotatable bonds is 5. The number of carbonyl (C=O) groups is 1. The van der Waals surface area contributed by atoms with E-state index in [1.54, 1.807) is 0 Å². The number of piperazine rings is 1. The van der Waals surface area contributed by atoms with Crippen molar-refractivity contribution in [2.45, 2.75) is 38.6 Å². The monoisotopic (exact) mass is 268 g/mol. The summed E-state index contributed by atoms with van der Waals surface area (Å²) >= 11 is 0. The molecule has 0 radical (unpaired) electrons. The van der Waals surface area contributed by atoms with Crippen LogP contribution < -0.4 is 5.73 Å². The topological polar surface area (TPSA) is 82.2 Å². The van der Waals surface area contributed by atoms with Gasteiger partial charge in [0.15, 0.2) is 5.84 Å². The molecule has 1 amide bonds. The van der Waals surface area contributed by atoms with Crippen molar-refractivity contribution >= 4 is 11.7 Å². The third-order valence-electron chi connectivity index (χ3n) is 4.04. The fourth-order valence-corrected chi connectivity index (χ4v) is 2.72. The molecule has 0 bridgehead atoms. The van der Waals surface area contributed by atoms with E-state index in [0.29, 0.717) is 6.42 Å². The molecule has 1 heterocycles. The summed E-state index contributed by atoms with van der Waals surface area (Å²) in [6.07, 6.45) is 4.08. The van der Waals surface area contributed by atoms with Crippen molar-refractivity contribution in [3.05, 3.63) is 0 Å². The summed E-state index contributed by atoms with van der Waals surface area (Å²) in [5, 5.41) is 11.8. The minimum atomic E-state index is -0.470. The van der Waals surface area contributed by atoms with E-state index >= 15 is 0 Å². The zero-order chi connectivity index (χ0) is 13.8. The van der Waals surface area contributed by atoms with E-state index in [1.165, 1.54) is 12.8 Å². The molecule has 1 saturated heterocycles. The first-order valence-corrected chi connectivity index (χ1v) is 7.17. The zero-order valence-electron chi connectivity index (χ0n) is 11.6. The van der Waals surface area contributed by atoms with Gasteiger partial charge in [0.1, 0.15) is 0 Å². The molecular formula is C13H24N4O2. The lowest BCUT2D eigenvalue weighted by Crippen LogP contribution is -2.52. The highest BCUT2D eigenvalue weighted by atomic mass is 16.4. The third-order valence-corrected chi connectivity index (χ3v) is 4.04. The van der Waals surface area contributed by atoms with E-state index < -0.39 is 5.92 Å². The van der Waals surface area contributed by atoms with E-state index in [-0.39, 0.29) is 11.7 Å². The van der Waals surface area contributed by atoms with Crippen molar-refractivity contribution in [3.8, 4) is 0 Å². The van der Waals surface area contributed by atoms with Crippen molar-refractivity contribution in [1.82, 2.24) is 9.80 Å². The normalized spacial score (nSPS) is 23.4. The first-order chi connectivity index (χ1) is 9.17. The zero-order valence-corrected chi connectivity index (χ0v) is 11.6. The van der Waals surface area contributed by atoms with E-state index in [2.05, 4.69) is 10.1 Å². The van der Waals surface area contributed by atoms with Crippen molar-refractivity contribution in [2.75, 3.05) is 26.2 Å². The molecule has 0 spiro atoms. The van der Waals surface area contributed by atoms with Gasteiger partial charge in [0.05, 0.1) is 5.92 Å². The quantitative estimate of drug-likeness (QED) is 0.328. The molecule has 0 aromatic rings. The Hall–Kier alpha value is -1.30. The molecule has 19 heavy (non-hydrogen) atoms. The molecular weight excluding hydrogens is 244 g/mol. The molecule has 0 aromatic carbocycles. The highest BCUT2D eigenvalue weighted by molar-refractivity contribution is 6.02. The fourth-order valence-electron chi connectivity index (χ4n) is 2.72. The van der Waals surface area contributed by atoms with Gasteiger partial charge in [-0.05, 0) is 19.3 Å². The Morgan fingerprint density at radius 3 is 2.47 bits per heavy atom. The summed E-state index contributed by atoms with van der Waals surface area (Å²) in [6, 6.07) is 0.757. The van der Waals surface area contributed by atoms with Crippen molar-refractivity contribution in [1.29, 1.82) is 0 Å². The summed E-state index contributed by atoms with van der Waals surface area (Å²) in [5.41, 5.74) is 5.64. The molecule has 1 aliphatic heterocycles. The van der Waals surface area contributed by atoms with Gasteiger partial charge in [-0.25, -0.2) is 0 Å². The van der Waals surface area contributed by atoms with Gasteiger partial charge in [0, 0.05) is 32.2 Å². The molecule has 1 unspecified atom stereocenters. The molecule has 108 valence electrons. The van der Waals surface area contributed by atoms with Crippen LogP contribution in [0.15, 0.2) is 5.16 Å². The van der Waals surface area contributed by atoms with Crippen LogP contribution in [0.2, 0.25) is 0 Å². The summed E-state index contributed by atoms with van der Waals surface area (Å²) < 4.78 is 0. The lowest BCUT2D eigenvalue weighted by Gasteiger charge is -2.36. The number of hydrogen-bond donors (Lipinski definition) is 2. The number of nitrogens with two attached hydrogens (primary N) is 1. The minimum Gasteiger partial charge on any atom is -0.409 e. The fraction of sp³-hybridized carbons (Fsp3) is 0.846. The van der Waals surface area contributed by atoms with Crippen LogP contribution in [0.4, 0.5) is 0 Å². The van der Waals surface area contributed by atoms with Gasteiger partial charge in [0.25, 0.3) is 0 Å². The minimum absolute atomic E-state index is 0.00703. The third kappa shape index (κ3) is 3.37. The maximum Gasteiger partial charge on any atom is 0.233 e. The highest BCUT2D eigenvalue weighted by Crippen LogP contribution is 2.27. The molecule has 2 fully saturated rings. The molecule has 1 atom stereocenters. The molecule has 2 aliphatic rings. The Morgan fingerprint density at radius 2 is 2.00 bits per heavy atom. The average molecular weight is 268 g/mol. The van der Waals surface area contributed by atoms with E-state index in [9.17, 15) is 4.79 Å². The van der Waals surface area contributed by atoms with Gasteiger partial charge < -0.3 is 15.8 Å². The molecule has 1 saturated carbocycles. The lowest BCUT2D eigenvalue weighted by atomic mass is 10.0. The van der Waals surface area contributed by atoms with Crippen LogP contribution in [-0.4, -0.2) is 59.0 Å². The number of oxime groups is 1. The second-order valence-corrected chi connectivity index (χ2v) is 5.46. The van der Waals surface area contributed by atoms with Crippen LogP contribution in [0.5, 0.6) is 0 Å². The highest BCUT2D eigenvalue weighted by Gasteiger charge is 2.34. The van der Waals surface area contributed by atoms with Crippen LogP contribution in [0.3, 0.4) is 0 Å². The molecule has 6 heteroatoms. The first-order valence-electron chi connectivity index (χ1n) is 7.17. The van der Waals surface area contributed by atoms with Crippen LogP contribution in [0, 0.1) is 5.92 Å². The maximum atomic E-state index is 12.4. The van der Waals surface area contributed by atoms with Gasteiger partial charge >= 0.3 is 0 Å². The maximum absolute atomic E-state index is 12.4. The molecule has 2 rings (SSSR count). The second kappa shape index (κ2) is 6.23. The predicted molar refractivity (Wildman–Crippen MR) is 73.0 cm³/mol. The lowest BCUT2D eigenvalue weighted by molar-refractivity contribution is -0.135. The largest absolute Gasteiger partial charge is 0.409 e. The molecule has 3 N–H and O–H groups in total. The number of carbonyl (C=O) groups excluding carboxylic acids is 1. The van der Waals surface area contributed by atoms with Crippen molar-refractivity contribution in [2.24, 2.45) is 16.8 Å². The van der Waals surface area contributed by atoms with E-state index in [0.717, 1.165) is 38.6 Å². The molecule has 0 aromatic heterocycles. The Labute approximate surface area is 114 Å². The van der Waals surface area contributed by atoms with Gasteiger partial charge in [-0.3, -0.25) is 9.69 Å². The Kier molecular flexibility index (Phi) is 4.63. The second-order valence-electron chi connectivity index (χ2n) is 5.46. The Bertz CT molecular complexity index is 347. The standard InChI is InChI=1S/C13H24N4O2/c1-2-3-11(12(14)15-19)13(18)17-8-6-16(7-9-17)10-4-5-10/h10-11,19H,2-9H2,1H3,(H2,14,15). The average Bonchev–Trinajstić information content (AvgIpc) is 3.28. The van der Waals surface area contributed by atoms with Crippen LogP contribution in [0.25, 0.3) is 0 Å².